The third kappa shape index (κ3) is 4.40. The summed E-state index contributed by atoms with van der Waals surface area (Å²) in [6.07, 6.45) is 5.40. The van der Waals surface area contributed by atoms with Gasteiger partial charge in [-0.05, 0) is 36.2 Å². The second-order valence-electron chi connectivity index (χ2n) is 7.32. The van der Waals surface area contributed by atoms with E-state index in [1.807, 2.05) is 24.3 Å². The van der Waals surface area contributed by atoms with E-state index in [2.05, 4.69) is 45.5 Å². The Morgan fingerprint density at radius 2 is 1.94 bits per heavy atom. The average molecular weight is 431 g/mol. The second kappa shape index (κ2) is 8.79. The Hall–Kier alpha value is -3.36. The molecule has 0 amide bonds. The Morgan fingerprint density at radius 1 is 1.10 bits per heavy atom. The summed E-state index contributed by atoms with van der Waals surface area (Å²) in [7, 11) is 0. The van der Waals surface area contributed by atoms with E-state index >= 15 is 0 Å². The minimum Gasteiger partial charge on any atom is -0.378 e. The SMILES string of the molecule is Cc1cccc(/C=N/Nc2nc(N3CCOCC3)c3cc(-c4ccncc4)sc3n2)c1. The van der Waals surface area contributed by atoms with Crippen LogP contribution in [-0.2, 0) is 4.74 Å². The lowest BCUT2D eigenvalue weighted by atomic mass is 10.2. The summed E-state index contributed by atoms with van der Waals surface area (Å²) >= 11 is 1.65. The number of nitrogens with zero attached hydrogens (tertiary/aromatic N) is 5. The third-order valence-corrected chi connectivity index (χ3v) is 6.15. The van der Waals surface area contributed by atoms with Gasteiger partial charge in [-0.2, -0.15) is 10.1 Å². The van der Waals surface area contributed by atoms with Crippen LogP contribution in [-0.4, -0.2) is 47.5 Å². The highest BCUT2D eigenvalue weighted by molar-refractivity contribution is 7.22. The van der Waals surface area contributed by atoms with Gasteiger partial charge in [0.15, 0.2) is 0 Å². The van der Waals surface area contributed by atoms with Crippen LogP contribution in [0.1, 0.15) is 11.1 Å². The number of hydrogen-bond acceptors (Lipinski definition) is 8. The van der Waals surface area contributed by atoms with Crippen molar-refractivity contribution in [1.29, 1.82) is 0 Å². The molecule has 0 spiro atoms. The molecule has 8 heteroatoms. The van der Waals surface area contributed by atoms with Gasteiger partial charge in [0.2, 0.25) is 5.95 Å². The molecule has 1 saturated heterocycles. The predicted molar refractivity (Wildman–Crippen MR) is 126 cm³/mol. The van der Waals surface area contributed by atoms with Crippen LogP contribution in [0.15, 0.2) is 60.0 Å². The highest BCUT2D eigenvalue weighted by atomic mass is 32.1. The van der Waals surface area contributed by atoms with E-state index in [0.29, 0.717) is 19.2 Å². The first kappa shape index (κ1) is 19.6. The van der Waals surface area contributed by atoms with Gasteiger partial charge in [-0.15, -0.1) is 11.3 Å². The van der Waals surface area contributed by atoms with Crippen molar-refractivity contribution >= 4 is 39.5 Å². The fourth-order valence-electron chi connectivity index (χ4n) is 3.55. The number of hydrogen-bond donors (Lipinski definition) is 1. The summed E-state index contributed by atoms with van der Waals surface area (Å²) in [6, 6.07) is 14.4. The molecule has 1 aromatic carbocycles. The minimum absolute atomic E-state index is 0.487. The Bertz CT molecular complexity index is 1220. The number of fused-ring (bicyclic) bond motifs is 1. The molecule has 0 atom stereocenters. The van der Waals surface area contributed by atoms with Crippen molar-refractivity contribution in [3.8, 4) is 10.4 Å². The van der Waals surface area contributed by atoms with E-state index in [4.69, 9.17) is 14.7 Å². The first-order valence-electron chi connectivity index (χ1n) is 10.2. The van der Waals surface area contributed by atoms with Crippen LogP contribution < -0.4 is 10.3 Å². The number of benzene rings is 1. The lowest BCUT2D eigenvalue weighted by molar-refractivity contribution is 0.122. The number of anilines is 2. The zero-order valence-corrected chi connectivity index (χ0v) is 18.0. The van der Waals surface area contributed by atoms with Crippen LogP contribution in [0.25, 0.3) is 20.7 Å². The van der Waals surface area contributed by atoms with Gasteiger partial charge in [-0.1, -0.05) is 29.8 Å². The van der Waals surface area contributed by atoms with Gasteiger partial charge in [0, 0.05) is 30.4 Å². The molecule has 156 valence electrons. The highest BCUT2D eigenvalue weighted by Gasteiger charge is 2.19. The number of pyridine rings is 1. The molecule has 7 nitrogen and oxygen atoms in total. The summed E-state index contributed by atoms with van der Waals surface area (Å²) in [6.45, 7) is 5.06. The lowest BCUT2D eigenvalue weighted by Crippen LogP contribution is -2.37. The maximum absolute atomic E-state index is 5.53. The molecule has 0 bridgehead atoms. The number of morpholine rings is 1. The highest BCUT2D eigenvalue weighted by Crippen LogP contribution is 2.37. The fourth-order valence-corrected chi connectivity index (χ4v) is 4.58. The molecule has 0 radical (unpaired) electrons. The maximum atomic E-state index is 5.53. The molecule has 1 fully saturated rings. The molecular weight excluding hydrogens is 408 g/mol. The van der Waals surface area contributed by atoms with E-state index in [1.54, 1.807) is 29.9 Å². The van der Waals surface area contributed by atoms with Gasteiger partial charge < -0.3 is 9.64 Å². The fraction of sp³-hybridized carbons (Fsp3) is 0.217. The number of rotatable bonds is 5. The van der Waals surface area contributed by atoms with Crippen molar-refractivity contribution < 1.29 is 4.74 Å². The first-order valence-corrected chi connectivity index (χ1v) is 11.0. The normalized spacial score (nSPS) is 14.4. The molecule has 4 aromatic rings. The van der Waals surface area contributed by atoms with Crippen molar-refractivity contribution in [3.63, 3.8) is 0 Å². The van der Waals surface area contributed by atoms with Crippen LogP contribution in [0.5, 0.6) is 0 Å². The summed E-state index contributed by atoms with van der Waals surface area (Å²) in [5.74, 6) is 1.40. The molecule has 0 aliphatic carbocycles. The first-order chi connectivity index (χ1) is 15.3. The minimum atomic E-state index is 0.487. The van der Waals surface area contributed by atoms with Crippen molar-refractivity contribution in [2.75, 3.05) is 36.6 Å². The van der Waals surface area contributed by atoms with Crippen LogP contribution in [0.2, 0.25) is 0 Å². The average Bonchev–Trinajstić information content (AvgIpc) is 3.24. The summed E-state index contributed by atoms with van der Waals surface area (Å²) < 4.78 is 5.53. The topological polar surface area (TPSA) is 75.5 Å². The molecule has 31 heavy (non-hydrogen) atoms. The largest absolute Gasteiger partial charge is 0.378 e. The lowest BCUT2D eigenvalue weighted by Gasteiger charge is -2.28. The van der Waals surface area contributed by atoms with Crippen molar-refractivity contribution in [1.82, 2.24) is 15.0 Å². The Morgan fingerprint density at radius 3 is 2.74 bits per heavy atom. The van der Waals surface area contributed by atoms with Gasteiger partial charge >= 0.3 is 0 Å². The summed E-state index contributed by atoms with van der Waals surface area (Å²) in [5.41, 5.74) is 6.36. The van der Waals surface area contributed by atoms with Crippen molar-refractivity contribution in [2.24, 2.45) is 5.10 Å². The molecule has 1 aliphatic rings. The van der Waals surface area contributed by atoms with Gasteiger partial charge in [0.1, 0.15) is 10.6 Å². The van der Waals surface area contributed by atoms with Gasteiger partial charge in [0.05, 0.1) is 24.8 Å². The van der Waals surface area contributed by atoms with E-state index in [9.17, 15) is 0 Å². The molecule has 0 unspecified atom stereocenters. The number of aryl methyl sites for hydroxylation is 1. The van der Waals surface area contributed by atoms with Gasteiger partial charge in [-0.3, -0.25) is 4.98 Å². The molecule has 1 aliphatic heterocycles. The summed E-state index contributed by atoms with van der Waals surface area (Å²) in [5, 5.41) is 5.41. The van der Waals surface area contributed by atoms with Gasteiger partial charge in [0.25, 0.3) is 0 Å². The monoisotopic (exact) mass is 430 g/mol. The summed E-state index contributed by atoms with van der Waals surface area (Å²) in [4.78, 5) is 18.0. The van der Waals surface area contributed by atoms with Crippen molar-refractivity contribution in [3.05, 3.63) is 66.0 Å². The number of thiophene rings is 1. The maximum Gasteiger partial charge on any atom is 0.246 e. The molecule has 1 N–H and O–H groups in total. The molecule has 4 heterocycles. The van der Waals surface area contributed by atoms with Crippen LogP contribution >= 0.6 is 11.3 Å². The van der Waals surface area contributed by atoms with Gasteiger partial charge in [-0.25, -0.2) is 10.4 Å². The number of aromatic nitrogens is 3. The zero-order valence-electron chi connectivity index (χ0n) is 17.2. The smallest absolute Gasteiger partial charge is 0.246 e. The number of hydrazone groups is 1. The molecule has 5 rings (SSSR count). The standard InChI is InChI=1S/C23H22N6OS/c1-16-3-2-4-17(13-16)15-25-28-23-26-21(29-9-11-30-12-10-29)19-14-20(31-22(19)27-23)18-5-7-24-8-6-18/h2-8,13-15H,9-12H2,1H3,(H,26,27,28)/b25-15+. The van der Waals surface area contributed by atoms with Crippen LogP contribution in [0.3, 0.4) is 0 Å². The van der Waals surface area contributed by atoms with E-state index < -0.39 is 0 Å². The Labute approximate surface area is 184 Å². The van der Waals surface area contributed by atoms with E-state index in [0.717, 1.165) is 45.1 Å². The number of ether oxygens (including phenoxy) is 1. The molecular formula is C23H22N6OS. The van der Waals surface area contributed by atoms with E-state index in [1.165, 1.54) is 5.56 Å². The number of nitrogens with one attached hydrogen (secondary N) is 1. The quantitative estimate of drug-likeness (QED) is 0.375. The van der Waals surface area contributed by atoms with Crippen LogP contribution in [0.4, 0.5) is 11.8 Å². The van der Waals surface area contributed by atoms with E-state index in [-0.39, 0.29) is 0 Å². The molecule has 3 aromatic heterocycles. The van der Waals surface area contributed by atoms with Crippen molar-refractivity contribution in [2.45, 2.75) is 6.92 Å². The second-order valence-corrected chi connectivity index (χ2v) is 8.35. The molecule has 0 saturated carbocycles. The third-order valence-electron chi connectivity index (χ3n) is 5.07. The zero-order chi connectivity index (χ0) is 21.0. The Balaban J connectivity index is 1.50. The Kier molecular flexibility index (Phi) is 5.56. The predicted octanol–water partition coefficient (Wildman–Crippen LogP) is 4.34. The van der Waals surface area contributed by atoms with Crippen LogP contribution in [0, 0.1) is 6.92 Å².